The predicted octanol–water partition coefficient (Wildman–Crippen LogP) is 1.39. The molecule has 104 valence electrons. The zero-order valence-electron chi connectivity index (χ0n) is 11.9. The van der Waals surface area contributed by atoms with Gasteiger partial charge in [0.05, 0.1) is 11.3 Å². The summed E-state index contributed by atoms with van der Waals surface area (Å²) in [6.07, 6.45) is 3.93. The van der Waals surface area contributed by atoms with Gasteiger partial charge in [0, 0.05) is 24.7 Å². The van der Waals surface area contributed by atoms with Gasteiger partial charge in [-0.25, -0.2) is 9.97 Å². The van der Waals surface area contributed by atoms with Crippen LogP contribution in [-0.2, 0) is 0 Å². The van der Waals surface area contributed by atoms with Crippen molar-refractivity contribution in [2.75, 3.05) is 13.1 Å². The number of nitrogens with zero attached hydrogens (tertiary/aromatic N) is 2. The highest BCUT2D eigenvalue weighted by Gasteiger charge is 2.20. The van der Waals surface area contributed by atoms with E-state index in [9.17, 15) is 4.79 Å². The second-order valence-electron chi connectivity index (χ2n) is 5.40. The van der Waals surface area contributed by atoms with Crippen LogP contribution in [0.3, 0.4) is 0 Å². The third kappa shape index (κ3) is 3.50. The molecule has 1 aromatic heterocycles. The SMILES string of the molecule is Cc1nc(C2CCCNC2)ncc1C(=O)NC(C)C. The van der Waals surface area contributed by atoms with Gasteiger partial charge in [-0.1, -0.05) is 0 Å². The van der Waals surface area contributed by atoms with Crippen molar-refractivity contribution in [1.29, 1.82) is 0 Å². The predicted molar refractivity (Wildman–Crippen MR) is 74.2 cm³/mol. The minimum atomic E-state index is -0.0965. The Bertz CT molecular complexity index is 453. The van der Waals surface area contributed by atoms with Crippen molar-refractivity contribution >= 4 is 5.91 Å². The van der Waals surface area contributed by atoms with E-state index >= 15 is 0 Å². The third-order valence-corrected chi connectivity index (χ3v) is 3.32. The van der Waals surface area contributed by atoms with E-state index in [1.54, 1.807) is 6.20 Å². The first-order valence-electron chi connectivity index (χ1n) is 6.93. The molecule has 0 bridgehead atoms. The lowest BCUT2D eigenvalue weighted by atomic mass is 9.98. The van der Waals surface area contributed by atoms with E-state index in [0.717, 1.165) is 37.4 Å². The Morgan fingerprint density at radius 1 is 1.53 bits per heavy atom. The molecule has 1 aromatic rings. The van der Waals surface area contributed by atoms with Gasteiger partial charge in [-0.05, 0) is 40.2 Å². The summed E-state index contributed by atoms with van der Waals surface area (Å²) in [7, 11) is 0. The van der Waals surface area contributed by atoms with Gasteiger partial charge in [0.2, 0.25) is 0 Å². The summed E-state index contributed by atoms with van der Waals surface area (Å²) in [6.45, 7) is 7.75. The molecule has 0 aromatic carbocycles. The molecular weight excluding hydrogens is 240 g/mol. The average molecular weight is 262 g/mol. The van der Waals surface area contributed by atoms with E-state index in [0.29, 0.717) is 11.5 Å². The molecule has 2 heterocycles. The summed E-state index contributed by atoms with van der Waals surface area (Å²) in [5.41, 5.74) is 1.33. The molecule has 1 saturated heterocycles. The number of rotatable bonds is 3. The second-order valence-corrected chi connectivity index (χ2v) is 5.40. The lowest BCUT2D eigenvalue weighted by Gasteiger charge is -2.21. The molecule has 19 heavy (non-hydrogen) atoms. The van der Waals surface area contributed by atoms with Crippen LogP contribution in [0.25, 0.3) is 0 Å². The number of hydrogen-bond donors (Lipinski definition) is 2. The van der Waals surface area contributed by atoms with Crippen molar-refractivity contribution in [1.82, 2.24) is 20.6 Å². The number of amides is 1. The van der Waals surface area contributed by atoms with Crippen LogP contribution in [0, 0.1) is 6.92 Å². The molecule has 1 aliphatic heterocycles. The van der Waals surface area contributed by atoms with E-state index < -0.39 is 0 Å². The number of carbonyl (C=O) groups is 1. The van der Waals surface area contributed by atoms with Crippen LogP contribution < -0.4 is 10.6 Å². The van der Waals surface area contributed by atoms with Crippen molar-refractivity contribution < 1.29 is 4.79 Å². The van der Waals surface area contributed by atoms with Crippen LogP contribution >= 0.6 is 0 Å². The highest BCUT2D eigenvalue weighted by Crippen LogP contribution is 2.20. The topological polar surface area (TPSA) is 66.9 Å². The normalized spacial score (nSPS) is 19.5. The summed E-state index contributed by atoms with van der Waals surface area (Å²) in [5, 5.41) is 6.22. The molecule has 5 nitrogen and oxygen atoms in total. The van der Waals surface area contributed by atoms with E-state index in [1.165, 1.54) is 0 Å². The number of piperidine rings is 1. The first-order valence-corrected chi connectivity index (χ1v) is 6.93. The summed E-state index contributed by atoms with van der Waals surface area (Å²) < 4.78 is 0. The van der Waals surface area contributed by atoms with Gasteiger partial charge in [0.1, 0.15) is 5.82 Å². The first kappa shape index (κ1) is 13.9. The van der Waals surface area contributed by atoms with Gasteiger partial charge < -0.3 is 10.6 Å². The number of hydrogen-bond acceptors (Lipinski definition) is 4. The summed E-state index contributed by atoms with van der Waals surface area (Å²) in [4.78, 5) is 20.9. The fourth-order valence-electron chi connectivity index (χ4n) is 2.32. The zero-order chi connectivity index (χ0) is 13.8. The molecule has 0 spiro atoms. The van der Waals surface area contributed by atoms with Crippen molar-refractivity contribution in [3.63, 3.8) is 0 Å². The molecule has 1 aliphatic rings. The maximum Gasteiger partial charge on any atom is 0.254 e. The van der Waals surface area contributed by atoms with Crippen molar-refractivity contribution in [3.05, 3.63) is 23.3 Å². The van der Waals surface area contributed by atoms with Crippen LogP contribution in [0.2, 0.25) is 0 Å². The summed E-state index contributed by atoms with van der Waals surface area (Å²) in [5.74, 6) is 1.13. The maximum absolute atomic E-state index is 12.0. The Kier molecular flexibility index (Phi) is 4.47. The van der Waals surface area contributed by atoms with Crippen LogP contribution in [0.4, 0.5) is 0 Å². The Morgan fingerprint density at radius 2 is 2.32 bits per heavy atom. The molecule has 2 N–H and O–H groups in total. The Balaban J connectivity index is 2.14. The first-order chi connectivity index (χ1) is 9.08. The number of aryl methyl sites for hydroxylation is 1. The minimum absolute atomic E-state index is 0.0965. The molecular formula is C14H22N4O. The number of aromatic nitrogens is 2. The van der Waals surface area contributed by atoms with Gasteiger partial charge in [-0.15, -0.1) is 0 Å². The lowest BCUT2D eigenvalue weighted by molar-refractivity contribution is 0.0941. The van der Waals surface area contributed by atoms with Crippen molar-refractivity contribution in [2.45, 2.75) is 45.6 Å². The Morgan fingerprint density at radius 3 is 2.89 bits per heavy atom. The van der Waals surface area contributed by atoms with Crippen LogP contribution in [-0.4, -0.2) is 35.0 Å². The highest BCUT2D eigenvalue weighted by molar-refractivity contribution is 5.95. The largest absolute Gasteiger partial charge is 0.350 e. The lowest BCUT2D eigenvalue weighted by Crippen LogP contribution is -2.32. The summed E-state index contributed by atoms with van der Waals surface area (Å²) >= 11 is 0. The molecule has 1 amide bonds. The zero-order valence-corrected chi connectivity index (χ0v) is 11.9. The fourth-order valence-corrected chi connectivity index (χ4v) is 2.32. The quantitative estimate of drug-likeness (QED) is 0.864. The fraction of sp³-hybridized carbons (Fsp3) is 0.643. The molecule has 1 fully saturated rings. The molecule has 1 atom stereocenters. The second kappa shape index (κ2) is 6.10. The highest BCUT2D eigenvalue weighted by atomic mass is 16.1. The van der Waals surface area contributed by atoms with E-state index in [2.05, 4.69) is 20.6 Å². The van der Waals surface area contributed by atoms with Crippen LogP contribution in [0.5, 0.6) is 0 Å². The van der Waals surface area contributed by atoms with E-state index in [1.807, 2.05) is 20.8 Å². The monoisotopic (exact) mass is 262 g/mol. The molecule has 0 saturated carbocycles. The minimum Gasteiger partial charge on any atom is -0.350 e. The van der Waals surface area contributed by atoms with E-state index in [4.69, 9.17) is 0 Å². The van der Waals surface area contributed by atoms with Crippen LogP contribution in [0.1, 0.15) is 54.5 Å². The van der Waals surface area contributed by atoms with Gasteiger partial charge in [0.25, 0.3) is 5.91 Å². The number of nitrogens with one attached hydrogen (secondary N) is 2. The smallest absolute Gasteiger partial charge is 0.254 e. The molecule has 0 aliphatic carbocycles. The number of carbonyl (C=O) groups excluding carboxylic acids is 1. The van der Waals surface area contributed by atoms with Gasteiger partial charge in [0.15, 0.2) is 0 Å². The van der Waals surface area contributed by atoms with Gasteiger partial charge >= 0.3 is 0 Å². The maximum atomic E-state index is 12.0. The molecule has 5 heteroatoms. The molecule has 0 radical (unpaired) electrons. The van der Waals surface area contributed by atoms with Crippen molar-refractivity contribution in [2.24, 2.45) is 0 Å². The van der Waals surface area contributed by atoms with Gasteiger partial charge in [-0.3, -0.25) is 4.79 Å². The standard InChI is InChI=1S/C14H22N4O/c1-9(2)17-14(19)12-8-16-13(18-10(12)3)11-5-4-6-15-7-11/h8-9,11,15H,4-7H2,1-3H3,(H,17,19). The Hall–Kier alpha value is -1.49. The molecule has 1 unspecified atom stereocenters. The van der Waals surface area contributed by atoms with Crippen molar-refractivity contribution in [3.8, 4) is 0 Å². The molecule has 2 rings (SSSR count). The third-order valence-electron chi connectivity index (χ3n) is 3.32. The average Bonchev–Trinajstić information content (AvgIpc) is 2.38. The van der Waals surface area contributed by atoms with Gasteiger partial charge in [-0.2, -0.15) is 0 Å². The van der Waals surface area contributed by atoms with Crippen LogP contribution in [0.15, 0.2) is 6.20 Å². The Labute approximate surface area is 114 Å². The summed E-state index contributed by atoms with van der Waals surface area (Å²) in [6, 6.07) is 0.120. The van der Waals surface area contributed by atoms with E-state index in [-0.39, 0.29) is 11.9 Å².